The van der Waals surface area contributed by atoms with Gasteiger partial charge in [0, 0.05) is 27.0 Å². The maximum Gasteiger partial charge on any atom is 0.226 e. The minimum Gasteiger partial charge on any atom is -0.357 e. The molecule has 3 nitrogen and oxygen atoms in total. The number of amides is 1. The highest BCUT2D eigenvalue weighted by molar-refractivity contribution is 6.32. The molecule has 1 heterocycles. The highest BCUT2D eigenvalue weighted by Gasteiger charge is 2.38. The van der Waals surface area contributed by atoms with Gasteiger partial charge in [-0.2, -0.15) is 0 Å². The summed E-state index contributed by atoms with van der Waals surface area (Å²) in [5.41, 5.74) is 2.98. The number of fused-ring (bicyclic) bond motifs is 1. The van der Waals surface area contributed by atoms with E-state index in [1.54, 1.807) is 0 Å². The quantitative estimate of drug-likeness (QED) is 0.884. The number of aromatic nitrogens is 1. The standard InChI is InChI=1S/C16H19ClN2O/c1-10-6-14-11(8-13(10)17)7-12(19-14)9-18-15(20)16(2)4-3-5-16/h6-8,19H,3-5,9H2,1-2H3,(H,18,20). The van der Waals surface area contributed by atoms with Crippen molar-refractivity contribution in [1.82, 2.24) is 10.3 Å². The van der Waals surface area contributed by atoms with E-state index in [1.807, 2.05) is 32.0 Å². The lowest BCUT2D eigenvalue weighted by Gasteiger charge is -2.36. The summed E-state index contributed by atoms with van der Waals surface area (Å²) in [6.07, 6.45) is 3.16. The van der Waals surface area contributed by atoms with E-state index in [1.165, 1.54) is 0 Å². The third kappa shape index (κ3) is 2.31. The number of nitrogens with one attached hydrogen (secondary N) is 2. The van der Waals surface area contributed by atoms with Gasteiger partial charge in [0.15, 0.2) is 0 Å². The fourth-order valence-corrected chi connectivity index (χ4v) is 2.91. The lowest BCUT2D eigenvalue weighted by Crippen LogP contribution is -2.43. The SMILES string of the molecule is Cc1cc2[nH]c(CNC(=O)C3(C)CCC3)cc2cc1Cl. The zero-order chi connectivity index (χ0) is 14.3. The second kappa shape index (κ2) is 4.81. The smallest absolute Gasteiger partial charge is 0.226 e. The van der Waals surface area contributed by atoms with Crippen LogP contribution in [-0.4, -0.2) is 10.9 Å². The van der Waals surface area contributed by atoms with Crippen LogP contribution in [0.3, 0.4) is 0 Å². The normalized spacial score (nSPS) is 16.9. The molecule has 0 atom stereocenters. The lowest BCUT2D eigenvalue weighted by atomic mass is 9.70. The van der Waals surface area contributed by atoms with Crippen LogP contribution in [0.1, 0.15) is 37.4 Å². The molecule has 0 spiro atoms. The molecule has 1 aromatic carbocycles. The predicted molar refractivity (Wildman–Crippen MR) is 81.9 cm³/mol. The zero-order valence-corrected chi connectivity index (χ0v) is 12.6. The third-order valence-corrected chi connectivity index (χ3v) is 4.81. The van der Waals surface area contributed by atoms with Crippen LogP contribution in [0.25, 0.3) is 10.9 Å². The number of aromatic amines is 1. The largest absolute Gasteiger partial charge is 0.357 e. The molecule has 0 saturated heterocycles. The summed E-state index contributed by atoms with van der Waals surface area (Å²) in [4.78, 5) is 15.4. The molecular weight excluding hydrogens is 272 g/mol. The zero-order valence-electron chi connectivity index (χ0n) is 11.8. The van der Waals surface area contributed by atoms with Crippen molar-refractivity contribution in [2.24, 2.45) is 5.41 Å². The second-order valence-corrected chi connectivity index (χ2v) is 6.49. The summed E-state index contributed by atoms with van der Waals surface area (Å²) >= 11 is 6.13. The first-order valence-electron chi connectivity index (χ1n) is 7.04. The van der Waals surface area contributed by atoms with Gasteiger partial charge < -0.3 is 10.3 Å². The number of hydrogen-bond donors (Lipinski definition) is 2. The highest BCUT2D eigenvalue weighted by atomic mass is 35.5. The molecule has 0 bridgehead atoms. The molecule has 1 aliphatic carbocycles. The number of benzene rings is 1. The molecule has 106 valence electrons. The molecule has 0 unspecified atom stereocenters. The third-order valence-electron chi connectivity index (χ3n) is 4.40. The molecule has 2 N–H and O–H groups in total. The summed E-state index contributed by atoms with van der Waals surface area (Å²) in [5, 5.41) is 4.88. The van der Waals surface area contributed by atoms with Crippen molar-refractivity contribution in [2.75, 3.05) is 0 Å². The number of carbonyl (C=O) groups is 1. The van der Waals surface area contributed by atoms with Gasteiger partial charge in [0.1, 0.15) is 0 Å². The average molecular weight is 291 g/mol. The maximum absolute atomic E-state index is 12.1. The number of halogens is 1. The Balaban J connectivity index is 1.73. The van der Waals surface area contributed by atoms with Crippen LogP contribution < -0.4 is 5.32 Å². The fourth-order valence-electron chi connectivity index (χ4n) is 2.74. The first kappa shape index (κ1) is 13.5. The molecular formula is C16H19ClN2O. The first-order valence-corrected chi connectivity index (χ1v) is 7.42. The number of carbonyl (C=O) groups excluding carboxylic acids is 1. The van der Waals surface area contributed by atoms with E-state index < -0.39 is 0 Å². The van der Waals surface area contributed by atoms with Gasteiger partial charge in [-0.1, -0.05) is 24.9 Å². The van der Waals surface area contributed by atoms with E-state index in [2.05, 4.69) is 10.3 Å². The number of rotatable bonds is 3. The van der Waals surface area contributed by atoms with Gasteiger partial charge in [-0.15, -0.1) is 0 Å². The Hall–Kier alpha value is -1.48. The molecule has 4 heteroatoms. The van der Waals surface area contributed by atoms with Crippen LogP contribution in [0.2, 0.25) is 5.02 Å². The van der Waals surface area contributed by atoms with E-state index in [-0.39, 0.29) is 11.3 Å². The van der Waals surface area contributed by atoms with Gasteiger partial charge in [0.2, 0.25) is 5.91 Å². The highest BCUT2D eigenvalue weighted by Crippen LogP contribution is 2.40. The lowest BCUT2D eigenvalue weighted by molar-refractivity contribution is -0.134. The Bertz CT molecular complexity index is 631. The van der Waals surface area contributed by atoms with Gasteiger partial charge in [-0.3, -0.25) is 4.79 Å². The number of aryl methyl sites for hydroxylation is 1. The Morgan fingerprint density at radius 1 is 1.40 bits per heavy atom. The predicted octanol–water partition coefficient (Wildman–Crippen LogP) is 3.94. The molecule has 1 saturated carbocycles. The molecule has 3 rings (SSSR count). The van der Waals surface area contributed by atoms with Crippen LogP contribution in [0.5, 0.6) is 0 Å². The van der Waals surface area contributed by atoms with E-state index in [9.17, 15) is 4.79 Å². The minimum absolute atomic E-state index is 0.147. The van der Waals surface area contributed by atoms with Crippen LogP contribution in [0.4, 0.5) is 0 Å². The van der Waals surface area contributed by atoms with Crippen LogP contribution in [-0.2, 0) is 11.3 Å². The Labute approximate surface area is 123 Å². The minimum atomic E-state index is -0.147. The van der Waals surface area contributed by atoms with Gasteiger partial charge in [0.25, 0.3) is 0 Å². The van der Waals surface area contributed by atoms with Crippen molar-refractivity contribution in [3.05, 3.63) is 34.5 Å². The summed E-state index contributed by atoms with van der Waals surface area (Å²) in [6.45, 7) is 4.57. The number of H-pyrrole nitrogens is 1. The maximum atomic E-state index is 12.1. The monoisotopic (exact) mass is 290 g/mol. The van der Waals surface area contributed by atoms with Crippen LogP contribution in [0, 0.1) is 12.3 Å². The molecule has 1 amide bonds. The van der Waals surface area contributed by atoms with Gasteiger partial charge >= 0.3 is 0 Å². The van der Waals surface area contributed by atoms with Gasteiger partial charge in [-0.05, 0) is 43.5 Å². The van der Waals surface area contributed by atoms with Crippen molar-refractivity contribution in [3.8, 4) is 0 Å². The second-order valence-electron chi connectivity index (χ2n) is 6.08. The first-order chi connectivity index (χ1) is 9.48. The molecule has 1 aliphatic rings. The topological polar surface area (TPSA) is 44.9 Å². The Morgan fingerprint density at radius 2 is 2.15 bits per heavy atom. The van der Waals surface area contributed by atoms with E-state index in [0.29, 0.717) is 6.54 Å². The summed E-state index contributed by atoms with van der Waals surface area (Å²) in [5.74, 6) is 0.164. The molecule has 0 aliphatic heterocycles. The summed E-state index contributed by atoms with van der Waals surface area (Å²) < 4.78 is 0. The van der Waals surface area contributed by atoms with Crippen LogP contribution in [0.15, 0.2) is 18.2 Å². The molecule has 20 heavy (non-hydrogen) atoms. The molecule has 1 aromatic heterocycles. The van der Waals surface area contributed by atoms with Crippen molar-refractivity contribution < 1.29 is 4.79 Å². The van der Waals surface area contributed by atoms with Crippen molar-refractivity contribution in [3.63, 3.8) is 0 Å². The molecule has 1 fully saturated rings. The van der Waals surface area contributed by atoms with Crippen molar-refractivity contribution in [2.45, 2.75) is 39.7 Å². The van der Waals surface area contributed by atoms with Crippen molar-refractivity contribution >= 4 is 28.4 Å². The van der Waals surface area contributed by atoms with Gasteiger partial charge in [0.05, 0.1) is 6.54 Å². The van der Waals surface area contributed by atoms with E-state index in [0.717, 1.165) is 46.4 Å². The summed E-state index contributed by atoms with van der Waals surface area (Å²) in [7, 11) is 0. The van der Waals surface area contributed by atoms with E-state index in [4.69, 9.17) is 11.6 Å². The Morgan fingerprint density at radius 3 is 2.80 bits per heavy atom. The van der Waals surface area contributed by atoms with Gasteiger partial charge in [-0.25, -0.2) is 0 Å². The van der Waals surface area contributed by atoms with Crippen LogP contribution >= 0.6 is 11.6 Å². The Kier molecular flexibility index (Phi) is 3.25. The number of hydrogen-bond acceptors (Lipinski definition) is 1. The molecule has 0 radical (unpaired) electrons. The van der Waals surface area contributed by atoms with Crippen molar-refractivity contribution in [1.29, 1.82) is 0 Å². The average Bonchev–Trinajstić information content (AvgIpc) is 2.75. The van der Waals surface area contributed by atoms with E-state index >= 15 is 0 Å². The molecule has 2 aromatic rings. The summed E-state index contributed by atoms with van der Waals surface area (Å²) in [6, 6.07) is 6.04. The fraction of sp³-hybridized carbons (Fsp3) is 0.438.